The standard InChI is InChI=1S/C36H72O4/c1-3-5-7-9-11-13-15-17-19-21-23-25-27-29-31-36(33-37,34-38)35(39)40-32-30-28-26-24-22-20-18-16-14-12-10-8-6-4-2/h37-38H,3-34H2,1-2H3. The van der Waals surface area contributed by atoms with Crippen molar-refractivity contribution >= 4 is 5.97 Å². The molecule has 0 heterocycles. The van der Waals surface area contributed by atoms with Gasteiger partial charge in [-0.3, -0.25) is 4.79 Å². The summed E-state index contributed by atoms with van der Waals surface area (Å²) in [5, 5.41) is 19.8. The maximum atomic E-state index is 12.7. The maximum Gasteiger partial charge on any atom is 0.316 e. The highest BCUT2D eigenvalue weighted by molar-refractivity contribution is 5.77. The van der Waals surface area contributed by atoms with Crippen LogP contribution < -0.4 is 0 Å². The second kappa shape index (κ2) is 31.3. The summed E-state index contributed by atoms with van der Waals surface area (Å²) in [5.41, 5.74) is -1.13. The average molecular weight is 569 g/mol. The van der Waals surface area contributed by atoms with Crippen LogP contribution in [0.15, 0.2) is 0 Å². The van der Waals surface area contributed by atoms with Crippen LogP contribution in [-0.4, -0.2) is 36.0 Å². The molecule has 4 heteroatoms. The van der Waals surface area contributed by atoms with Crippen molar-refractivity contribution in [1.29, 1.82) is 0 Å². The van der Waals surface area contributed by atoms with E-state index in [0.717, 1.165) is 32.1 Å². The van der Waals surface area contributed by atoms with Gasteiger partial charge in [0.25, 0.3) is 0 Å². The molecule has 4 nitrogen and oxygen atoms in total. The summed E-state index contributed by atoms with van der Waals surface area (Å²) in [6.07, 6.45) is 36.7. The van der Waals surface area contributed by atoms with Crippen LogP contribution in [0.2, 0.25) is 0 Å². The summed E-state index contributed by atoms with van der Waals surface area (Å²) in [7, 11) is 0. The van der Waals surface area contributed by atoms with Crippen LogP contribution in [0.4, 0.5) is 0 Å². The highest BCUT2D eigenvalue weighted by atomic mass is 16.5. The lowest BCUT2D eigenvalue weighted by Crippen LogP contribution is -2.40. The molecule has 0 rings (SSSR count). The smallest absolute Gasteiger partial charge is 0.316 e. The highest BCUT2D eigenvalue weighted by Crippen LogP contribution is 2.27. The van der Waals surface area contributed by atoms with E-state index < -0.39 is 11.4 Å². The number of hydrogen-bond donors (Lipinski definition) is 2. The number of ether oxygens (including phenoxy) is 1. The summed E-state index contributed by atoms with van der Waals surface area (Å²) >= 11 is 0. The number of aliphatic hydroxyl groups excluding tert-OH is 2. The minimum Gasteiger partial charge on any atom is -0.465 e. The van der Waals surface area contributed by atoms with Crippen LogP contribution in [0.25, 0.3) is 0 Å². The quantitative estimate of drug-likeness (QED) is 0.0610. The molecule has 0 unspecified atom stereocenters. The molecule has 40 heavy (non-hydrogen) atoms. The van der Waals surface area contributed by atoms with Crippen LogP contribution in [0.5, 0.6) is 0 Å². The first-order chi connectivity index (χ1) is 19.7. The van der Waals surface area contributed by atoms with E-state index in [4.69, 9.17) is 4.74 Å². The van der Waals surface area contributed by atoms with Crippen molar-refractivity contribution in [3.63, 3.8) is 0 Å². The van der Waals surface area contributed by atoms with Crippen LogP contribution >= 0.6 is 0 Å². The average Bonchev–Trinajstić information content (AvgIpc) is 2.97. The fourth-order valence-corrected chi connectivity index (χ4v) is 5.71. The monoisotopic (exact) mass is 569 g/mol. The van der Waals surface area contributed by atoms with E-state index in [1.165, 1.54) is 148 Å². The van der Waals surface area contributed by atoms with Crippen molar-refractivity contribution < 1.29 is 19.7 Å². The van der Waals surface area contributed by atoms with Crippen LogP contribution in [0, 0.1) is 5.41 Å². The van der Waals surface area contributed by atoms with E-state index in [9.17, 15) is 15.0 Å². The van der Waals surface area contributed by atoms with Gasteiger partial charge in [-0.1, -0.05) is 187 Å². The van der Waals surface area contributed by atoms with Crippen LogP contribution in [0.3, 0.4) is 0 Å². The zero-order valence-electron chi connectivity index (χ0n) is 27.3. The first-order valence-corrected chi connectivity index (χ1v) is 18.1. The molecular weight excluding hydrogens is 496 g/mol. The van der Waals surface area contributed by atoms with Gasteiger partial charge < -0.3 is 14.9 Å². The fourth-order valence-electron chi connectivity index (χ4n) is 5.71. The highest BCUT2D eigenvalue weighted by Gasteiger charge is 2.38. The van der Waals surface area contributed by atoms with Gasteiger partial charge in [-0.15, -0.1) is 0 Å². The second-order valence-electron chi connectivity index (χ2n) is 12.7. The third-order valence-electron chi connectivity index (χ3n) is 8.78. The normalized spacial score (nSPS) is 11.8. The van der Waals surface area contributed by atoms with Crippen molar-refractivity contribution in [2.24, 2.45) is 5.41 Å². The molecular formula is C36H72O4. The minimum atomic E-state index is -1.13. The molecule has 2 N–H and O–H groups in total. The predicted molar refractivity (Wildman–Crippen MR) is 173 cm³/mol. The fraction of sp³-hybridized carbons (Fsp3) is 0.972. The van der Waals surface area contributed by atoms with Gasteiger partial charge in [0.05, 0.1) is 19.8 Å². The third-order valence-corrected chi connectivity index (χ3v) is 8.78. The topological polar surface area (TPSA) is 66.8 Å². The second-order valence-corrected chi connectivity index (χ2v) is 12.7. The molecule has 0 aromatic rings. The molecule has 0 bridgehead atoms. The Morgan fingerprint density at radius 3 is 1.02 bits per heavy atom. The number of rotatable bonds is 33. The minimum absolute atomic E-state index is 0.334. The van der Waals surface area contributed by atoms with E-state index in [2.05, 4.69) is 13.8 Å². The summed E-state index contributed by atoms with van der Waals surface area (Å²) in [5.74, 6) is -0.415. The molecule has 0 radical (unpaired) electrons. The Kier molecular flexibility index (Phi) is 30.9. The zero-order chi connectivity index (χ0) is 29.4. The summed E-state index contributed by atoms with van der Waals surface area (Å²) in [6.45, 7) is 4.27. The van der Waals surface area contributed by atoms with Crippen molar-refractivity contribution in [2.45, 2.75) is 200 Å². The molecule has 0 aliphatic carbocycles. The van der Waals surface area contributed by atoms with Crippen molar-refractivity contribution in [3.05, 3.63) is 0 Å². The third kappa shape index (κ3) is 24.0. The summed E-state index contributed by atoms with van der Waals surface area (Å²) in [6, 6.07) is 0. The van der Waals surface area contributed by atoms with Crippen molar-refractivity contribution in [3.8, 4) is 0 Å². The first kappa shape index (κ1) is 39.4. The van der Waals surface area contributed by atoms with Gasteiger partial charge in [-0.05, 0) is 12.8 Å². The first-order valence-electron chi connectivity index (χ1n) is 18.1. The molecule has 240 valence electrons. The Hall–Kier alpha value is -0.610. The van der Waals surface area contributed by atoms with Crippen molar-refractivity contribution in [1.82, 2.24) is 0 Å². The molecule has 0 fully saturated rings. The van der Waals surface area contributed by atoms with Gasteiger partial charge in [-0.25, -0.2) is 0 Å². The maximum absolute atomic E-state index is 12.7. The Bertz CT molecular complexity index is 503. The van der Waals surface area contributed by atoms with Crippen molar-refractivity contribution in [2.75, 3.05) is 19.8 Å². The summed E-state index contributed by atoms with van der Waals surface area (Å²) in [4.78, 5) is 12.7. The molecule has 0 aliphatic heterocycles. The van der Waals surface area contributed by atoms with Gasteiger partial charge in [-0.2, -0.15) is 0 Å². The van der Waals surface area contributed by atoms with E-state index in [-0.39, 0.29) is 13.2 Å². The van der Waals surface area contributed by atoms with E-state index in [1.54, 1.807) is 0 Å². The Balaban J connectivity index is 3.67. The zero-order valence-corrected chi connectivity index (χ0v) is 27.3. The number of hydrogen-bond acceptors (Lipinski definition) is 4. The Labute approximate surface area is 250 Å². The molecule has 0 aromatic heterocycles. The van der Waals surface area contributed by atoms with Crippen LogP contribution in [0.1, 0.15) is 200 Å². The molecule has 0 amide bonds. The lowest BCUT2D eigenvalue weighted by atomic mass is 9.84. The van der Waals surface area contributed by atoms with E-state index in [1.807, 2.05) is 0 Å². The lowest BCUT2D eigenvalue weighted by molar-refractivity contribution is -0.162. The van der Waals surface area contributed by atoms with Gasteiger partial charge in [0.15, 0.2) is 0 Å². The molecule has 0 aromatic carbocycles. The van der Waals surface area contributed by atoms with Crippen LogP contribution in [-0.2, 0) is 9.53 Å². The number of unbranched alkanes of at least 4 members (excludes halogenated alkanes) is 26. The molecule has 0 saturated heterocycles. The Morgan fingerprint density at radius 2 is 0.725 bits per heavy atom. The van der Waals surface area contributed by atoms with E-state index >= 15 is 0 Å². The lowest BCUT2D eigenvalue weighted by Gasteiger charge is -2.27. The Morgan fingerprint density at radius 1 is 0.450 bits per heavy atom. The number of carbonyl (C=O) groups excluding carboxylic acids is 1. The van der Waals surface area contributed by atoms with E-state index in [0.29, 0.717) is 13.0 Å². The number of aliphatic hydroxyl groups is 2. The number of esters is 1. The summed E-state index contributed by atoms with van der Waals surface area (Å²) < 4.78 is 5.51. The molecule has 0 saturated carbocycles. The largest absolute Gasteiger partial charge is 0.465 e. The van der Waals surface area contributed by atoms with Gasteiger partial charge >= 0.3 is 5.97 Å². The predicted octanol–water partition coefficient (Wildman–Crippen LogP) is 10.9. The molecule has 0 spiro atoms. The number of carbonyl (C=O) groups is 1. The SMILES string of the molecule is CCCCCCCCCCCCCCCCOC(=O)C(CO)(CO)CCCCCCCCCCCCCCCC. The van der Waals surface area contributed by atoms with Gasteiger partial charge in [0, 0.05) is 0 Å². The van der Waals surface area contributed by atoms with Gasteiger partial charge in [0.1, 0.15) is 5.41 Å². The molecule has 0 aliphatic rings. The van der Waals surface area contributed by atoms with Gasteiger partial charge in [0.2, 0.25) is 0 Å². The molecule has 0 atom stereocenters.